The molecule has 0 radical (unpaired) electrons. The molecule has 1 unspecified atom stereocenters. The first-order valence-electron chi connectivity index (χ1n) is 6.93. The number of rotatable bonds is 4. The van der Waals surface area contributed by atoms with Gasteiger partial charge >= 0.3 is 0 Å². The van der Waals surface area contributed by atoms with Gasteiger partial charge in [-0.2, -0.15) is 5.10 Å². The van der Waals surface area contributed by atoms with Gasteiger partial charge in [0.05, 0.1) is 18.4 Å². The third-order valence-corrected chi connectivity index (χ3v) is 3.46. The predicted octanol–water partition coefficient (Wildman–Crippen LogP) is 0.988. The van der Waals surface area contributed by atoms with Crippen molar-refractivity contribution in [2.45, 2.75) is 25.4 Å². The summed E-state index contributed by atoms with van der Waals surface area (Å²) in [6.07, 6.45) is 7.16. The highest BCUT2D eigenvalue weighted by molar-refractivity contribution is 6.04. The van der Waals surface area contributed by atoms with E-state index in [1.54, 1.807) is 23.1 Å². The van der Waals surface area contributed by atoms with Crippen LogP contribution in [0, 0.1) is 0 Å². The number of pyridine rings is 1. The van der Waals surface area contributed by atoms with Crippen LogP contribution in [0.1, 0.15) is 23.3 Å². The number of hydrogen-bond donors (Lipinski definition) is 3. The molecule has 21 heavy (non-hydrogen) atoms. The number of aromatic nitrogens is 3. The van der Waals surface area contributed by atoms with Crippen LogP contribution in [-0.2, 0) is 6.54 Å². The van der Waals surface area contributed by atoms with E-state index in [1.807, 2.05) is 0 Å². The number of carbonyl (C=O) groups is 1. The van der Waals surface area contributed by atoms with E-state index in [4.69, 9.17) is 0 Å². The minimum Gasteiger partial charge on any atom is -0.505 e. The van der Waals surface area contributed by atoms with Gasteiger partial charge in [-0.1, -0.05) is 0 Å². The lowest BCUT2D eigenvalue weighted by molar-refractivity contribution is 0.101. The Kier molecular flexibility index (Phi) is 3.83. The molecule has 3 N–H and O–H groups in total. The number of nitrogens with zero attached hydrogens (tertiary/aromatic N) is 3. The van der Waals surface area contributed by atoms with Crippen LogP contribution in [0.25, 0.3) is 0 Å². The topological polar surface area (TPSA) is 92.1 Å². The number of amides is 1. The van der Waals surface area contributed by atoms with Gasteiger partial charge in [0.2, 0.25) is 0 Å². The molecule has 110 valence electrons. The van der Waals surface area contributed by atoms with E-state index in [0.717, 1.165) is 19.5 Å². The molecule has 0 saturated carbocycles. The monoisotopic (exact) mass is 287 g/mol. The van der Waals surface area contributed by atoms with Crippen LogP contribution in [0.3, 0.4) is 0 Å². The molecular weight excluding hydrogens is 270 g/mol. The van der Waals surface area contributed by atoms with Gasteiger partial charge in [-0.3, -0.25) is 9.48 Å². The Morgan fingerprint density at radius 3 is 3.24 bits per heavy atom. The summed E-state index contributed by atoms with van der Waals surface area (Å²) in [6, 6.07) is 3.43. The zero-order chi connectivity index (χ0) is 14.7. The van der Waals surface area contributed by atoms with Gasteiger partial charge in [-0.25, -0.2) is 4.98 Å². The Labute approximate surface area is 122 Å². The standard InChI is InChI=1S/C14H17N5O2/c20-12-4-2-6-16-13(12)14(21)18-11-7-17-19(9-11)8-10-3-1-5-15-10/h2,4,6-7,9-10,15,20H,1,3,5,8H2,(H,18,21). The Hall–Kier alpha value is -2.41. The summed E-state index contributed by atoms with van der Waals surface area (Å²) < 4.78 is 1.80. The van der Waals surface area contributed by atoms with Crippen molar-refractivity contribution in [1.82, 2.24) is 20.1 Å². The summed E-state index contributed by atoms with van der Waals surface area (Å²) in [5, 5.41) is 19.9. The first-order chi connectivity index (χ1) is 10.2. The van der Waals surface area contributed by atoms with Gasteiger partial charge in [0.25, 0.3) is 5.91 Å². The largest absolute Gasteiger partial charge is 0.505 e. The smallest absolute Gasteiger partial charge is 0.278 e. The minimum atomic E-state index is -0.452. The summed E-state index contributed by atoms with van der Waals surface area (Å²) in [5.74, 6) is -0.593. The van der Waals surface area contributed by atoms with E-state index in [0.29, 0.717) is 11.7 Å². The van der Waals surface area contributed by atoms with Crippen LogP contribution in [0.2, 0.25) is 0 Å². The van der Waals surface area contributed by atoms with Gasteiger partial charge in [-0.15, -0.1) is 0 Å². The van der Waals surface area contributed by atoms with Crippen LogP contribution in [-0.4, -0.2) is 38.4 Å². The number of carbonyl (C=O) groups excluding carboxylic acids is 1. The lowest BCUT2D eigenvalue weighted by Gasteiger charge is -2.09. The van der Waals surface area contributed by atoms with Crippen molar-refractivity contribution in [3.05, 3.63) is 36.4 Å². The van der Waals surface area contributed by atoms with Crippen LogP contribution >= 0.6 is 0 Å². The number of nitrogens with one attached hydrogen (secondary N) is 2. The summed E-state index contributed by atoms with van der Waals surface area (Å²) in [7, 11) is 0. The molecule has 7 nitrogen and oxygen atoms in total. The maximum Gasteiger partial charge on any atom is 0.278 e. The Bertz CT molecular complexity index is 634. The normalized spacial score (nSPS) is 17.8. The molecule has 7 heteroatoms. The molecule has 3 heterocycles. The van der Waals surface area contributed by atoms with E-state index < -0.39 is 5.91 Å². The first kappa shape index (κ1) is 13.6. The third-order valence-electron chi connectivity index (χ3n) is 3.46. The molecule has 2 aromatic heterocycles. The van der Waals surface area contributed by atoms with Crippen molar-refractivity contribution < 1.29 is 9.90 Å². The summed E-state index contributed by atoms with van der Waals surface area (Å²) >= 11 is 0. The van der Waals surface area contributed by atoms with E-state index in [-0.39, 0.29) is 11.4 Å². The summed E-state index contributed by atoms with van der Waals surface area (Å²) in [6.45, 7) is 1.83. The molecule has 1 saturated heterocycles. The maximum atomic E-state index is 12.0. The molecule has 0 aliphatic carbocycles. The molecule has 1 fully saturated rings. The van der Waals surface area contributed by atoms with E-state index in [2.05, 4.69) is 20.7 Å². The summed E-state index contributed by atoms with van der Waals surface area (Å²) in [4.78, 5) is 15.9. The van der Waals surface area contributed by atoms with Crippen LogP contribution < -0.4 is 10.6 Å². The Balaban J connectivity index is 1.64. The van der Waals surface area contributed by atoms with Crippen LogP contribution in [0.5, 0.6) is 5.75 Å². The predicted molar refractivity (Wildman–Crippen MR) is 77.1 cm³/mol. The fourth-order valence-electron chi connectivity index (χ4n) is 2.43. The zero-order valence-electron chi connectivity index (χ0n) is 11.5. The van der Waals surface area contributed by atoms with E-state index in [9.17, 15) is 9.90 Å². The number of aromatic hydroxyl groups is 1. The average molecular weight is 287 g/mol. The van der Waals surface area contributed by atoms with Crippen LogP contribution in [0.15, 0.2) is 30.7 Å². The van der Waals surface area contributed by atoms with Gasteiger partial charge in [0.15, 0.2) is 5.69 Å². The number of anilines is 1. The Morgan fingerprint density at radius 1 is 1.57 bits per heavy atom. The summed E-state index contributed by atoms with van der Waals surface area (Å²) in [5.41, 5.74) is 0.589. The van der Waals surface area contributed by atoms with Gasteiger partial charge < -0.3 is 15.7 Å². The van der Waals surface area contributed by atoms with Crippen molar-refractivity contribution >= 4 is 11.6 Å². The molecule has 1 aliphatic heterocycles. The molecule has 0 aromatic carbocycles. The minimum absolute atomic E-state index is 0.00251. The SMILES string of the molecule is O=C(Nc1cnn(CC2CCCN2)c1)c1ncccc1O. The van der Waals surface area contributed by atoms with Crippen molar-refractivity contribution in [1.29, 1.82) is 0 Å². The fraction of sp³-hybridized carbons (Fsp3) is 0.357. The molecular formula is C14H17N5O2. The van der Waals surface area contributed by atoms with E-state index in [1.165, 1.54) is 18.7 Å². The van der Waals surface area contributed by atoms with Gasteiger partial charge in [0.1, 0.15) is 5.75 Å². The second kappa shape index (κ2) is 5.92. The molecule has 3 rings (SSSR count). The van der Waals surface area contributed by atoms with Crippen molar-refractivity contribution in [2.75, 3.05) is 11.9 Å². The van der Waals surface area contributed by atoms with E-state index >= 15 is 0 Å². The molecule has 1 aliphatic rings. The van der Waals surface area contributed by atoms with Gasteiger partial charge in [0, 0.05) is 18.4 Å². The van der Waals surface area contributed by atoms with Crippen LogP contribution in [0.4, 0.5) is 5.69 Å². The maximum absolute atomic E-state index is 12.0. The highest BCUT2D eigenvalue weighted by Gasteiger charge is 2.16. The van der Waals surface area contributed by atoms with Gasteiger partial charge in [-0.05, 0) is 31.5 Å². The third kappa shape index (κ3) is 3.19. The molecule has 2 aromatic rings. The first-order valence-corrected chi connectivity index (χ1v) is 6.93. The average Bonchev–Trinajstić information content (AvgIpc) is 3.12. The molecule has 0 spiro atoms. The lowest BCUT2D eigenvalue weighted by Crippen LogP contribution is -2.26. The van der Waals surface area contributed by atoms with Crippen molar-refractivity contribution in [3.63, 3.8) is 0 Å². The Morgan fingerprint density at radius 2 is 2.48 bits per heavy atom. The molecule has 1 amide bonds. The fourth-order valence-corrected chi connectivity index (χ4v) is 2.43. The second-order valence-electron chi connectivity index (χ2n) is 5.07. The van der Waals surface area contributed by atoms with Crippen molar-refractivity contribution in [3.8, 4) is 5.75 Å². The highest BCUT2D eigenvalue weighted by Crippen LogP contribution is 2.15. The zero-order valence-corrected chi connectivity index (χ0v) is 11.5. The highest BCUT2D eigenvalue weighted by atomic mass is 16.3. The lowest BCUT2D eigenvalue weighted by atomic mass is 10.2. The second-order valence-corrected chi connectivity index (χ2v) is 5.07. The molecule has 0 bridgehead atoms. The quantitative estimate of drug-likeness (QED) is 0.780. The number of hydrogen-bond acceptors (Lipinski definition) is 5. The van der Waals surface area contributed by atoms with Crippen molar-refractivity contribution in [2.24, 2.45) is 0 Å². The molecule has 1 atom stereocenters.